The molecule has 21 heavy (non-hydrogen) atoms. The summed E-state index contributed by atoms with van der Waals surface area (Å²) in [7, 11) is 0. The smallest absolute Gasteiger partial charge is 0.123 e. The first kappa shape index (κ1) is 16.2. The van der Waals surface area contributed by atoms with Gasteiger partial charge in [0.25, 0.3) is 0 Å². The van der Waals surface area contributed by atoms with E-state index < -0.39 is 5.54 Å². The molecule has 0 aromatic heterocycles. The van der Waals surface area contributed by atoms with Crippen LogP contribution in [-0.4, -0.2) is 24.0 Å². The van der Waals surface area contributed by atoms with E-state index in [-0.39, 0.29) is 11.9 Å². The highest BCUT2D eigenvalue weighted by atomic mass is 19.1. The highest BCUT2D eigenvalue weighted by Gasteiger charge is 2.36. The first-order valence-electron chi connectivity index (χ1n) is 7.98. The van der Waals surface area contributed by atoms with E-state index in [0.717, 1.165) is 18.7 Å². The van der Waals surface area contributed by atoms with Gasteiger partial charge >= 0.3 is 0 Å². The zero-order valence-corrected chi connectivity index (χ0v) is 13.0. The predicted molar refractivity (Wildman–Crippen MR) is 86.6 cm³/mol. The van der Waals surface area contributed by atoms with Gasteiger partial charge < -0.3 is 5.73 Å². The maximum absolute atomic E-state index is 13.2. The van der Waals surface area contributed by atoms with Crippen LogP contribution in [0, 0.1) is 5.82 Å². The number of halogens is 1. The fraction of sp³-hybridized carbons (Fsp3) is 0.556. The molecule has 1 aromatic carbocycles. The van der Waals surface area contributed by atoms with Gasteiger partial charge in [0.2, 0.25) is 0 Å². The molecule has 2 unspecified atom stereocenters. The number of hydrogen-bond donors (Lipinski definition) is 1. The molecule has 0 aliphatic carbocycles. The molecule has 2 rings (SSSR count). The number of likely N-dealkylation sites (tertiary alicyclic amines) is 1. The Balaban J connectivity index is 2.26. The first-order valence-corrected chi connectivity index (χ1v) is 7.98. The maximum Gasteiger partial charge on any atom is 0.123 e. The highest BCUT2D eigenvalue weighted by molar-refractivity contribution is 5.27. The third-order valence-corrected chi connectivity index (χ3v) is 4.80. The third kappa shape index (κ3) is 3.72. The molecule has 1 aliphatic rings. The fourth-order valence-corrected chi connectivity index (χ4v) is 3.34. The van der Waals surface area contributed by atoms with Crippen LogP contribution in [0.15, 0.2) is 36.9 Å². The fourth-order valence-electron chi connectivity index (χ4n) is 3.34. The number of hydrogen-bond acceptors (Lipinski definition) is 2. The Kier molecular flexibility index (Phi) is 5.54. The van der Waals surface area contributed by atoms with Gasteiger partial charge in [-0.15, -0.1) is 6.58 Å². The van der Waals surface area contributed by atoms with Gasteiger partial charge in [0.15, 0.2) is 0 Å². The van der Waals surface area contributed by atoms with Crippen LogP contribution in [0.5, 0.6) is 0 Å². The van der Waals surface area contributed by atoms with Crippen molar-refractivity contribution in [2.75, 3.05) is 13.1 Å². The SMILES string of the molecule is C=CCC(N)(c1ccc(F)cc1)C(C)N1CCCCCC1. The van der Waals surface area contributed by atoms with E-state index in [0.29, 0.717) is 6.42 Å². The molecule has 1 saturated heterocycles. The van der Waals surface area contributed by atoms with Crippen molar-refractivity contribution in [2.45, 2.75) is 50.6 Å². The summed E-state index contributed by atoms with van der Waals surface area (Å²) in [6.07, 6.45) is 7.64. The van der Waals surface area contributed by atoms with Crippen LogP contribution in [0.1, 0.15) is 44.6 Å². The topological polar surface area (TPSA) is 29.3 Å². The van der Waals surface area contributed by atoms with Crippen molar-refractivity contribution >= 4 is 0 Å². The van der Waals surface area contributed by atoms with Gasteiger partial charge in [-0.05, 0) is 57.0 Å². The van der Waals surface area contributed by atoms with Crippen LogP contribution in [-0.2, 0) is 5.54 Å². The van der Waals surface area contributed by atoms with E-state index in [9.17, 15) is 4.39 Å². The lowest BCUT2D eigenvalue weighted by Gasteiger charge is -2.42. The molecule has 1 aromatic rings. The van der Waals surface area contributed by atoms with E-state index in [2.05, 4.69) is 18.4 Å². The van der Waals surface area contributed by atoms with Gasteiger partial charge in [-0.25, -0.2) is 4.39 Å². The summed E-state index contributed by atoms with van der Waals surface area (Å²) >= 11 is 0. The Hall–Kier alpha value is -1.19. The molecule has 1 fully saturated rings. The predicted octanol–water partition coefficient (Wildman–Crippen LogP) is 3.82. The molecule has 3 heteroatoms. The monoisotopic (exact) mass is 290 g/mol. The van der Waals surface area contributed by atoms with E-state index >= 15 is 0 Å². The average molecular weight is 290 g/mol. The van der Waals surface area contributed by atoms with Gasteiger partial charge in [-0.1, -0.05) is 31.1 Å². The summed E-state index contributed by atoms with van der Waals surface area (Å²) in [6, 6.07) is 6.82. The van der Waals surface area contributed by atoms with Crippen molar-refractivity contribution < 1.29 is 4.39 Å². The Morgan fingerprint density at radius 1 is 1.24 bits per heavy atom. The normalized spacial score (nSPS) is 21.3. The molecular formula is C18H27FN2. The summed E-state index contributed by atoms with van der Waals surface area (Å²) in [5.74, 6) is -0.220. The van der Waals surface area contributed by atoms with Gasteiger partial charge in [0.1, 0.15) is 5.82 Å². The van der Waals surface area contributed by atoms with Crippen molar-refractivity contribution in [3.63, 3.8) is 0 Å². The van der Waals surface area contributed by atoms with E-state index in [1.54, 1.807) is 0 Å². The lowest BCUT2D eigenvalue weighted by molar-refractivity contribution is 0.135. The van der Waals surface area contributed by atoms with Gasteiger partial charge in [0.05, 0.1) is 5.54 Å². The van der Waals surface area contributed by atoms with Crippen LogP contribution >= 0.6 is 0 Å². The van der Waals surface area contributed by atoms with Crippen LogP contribution in [0.3, 0.4) is 0 Å². The van der Waals surface area contributed by atoms with Crippen molar-refractivity contribution in [3.05, 3.63) is 48.3 Å². The minimum atomic E-state index is -0.514. The van der Waals surface area contributed by atoms with Gasteiger partial charge in [0, 0.05) is 6.04 Å². The molecule has 0 spiro atoms. The Morgan fingerprint density at radius 2 is 1.81 bits per heavy atom. The Bertz CT molecular complexity index is 449. The van der Waals surface area contributed by atoms with E-state index in [4.69, 9.17) is 5.73 Å². The molecular weight excluding hydrogens is 263 g/mol. The van der Waals surface area contributed by atoms with Crippen LogP contribution < -0.4 is 5.73 Å². The van der Waals surface area contributed by atoms with Crippen molar-refractivity contribution in [1.82, 2.24) is 4.90 Å². The molecule has 1 heterocycles. The Morgan fingerprint density at radius 3 is 2.33 bits per heavy atom. The number of benzene rings is 1. The summed E-state index contributed by atoms with van der Waals surface area (Å²) in [6.45, 7) is 8.25. The molecule has 2 atom stereocenters. The lowest BCUT2D eigenvalue weighted by Crippen LogP contribution is -2.54. The Labute approximate surface area is 127 Å². The quantitative estimate of drug-likeness (QED) is 0.835. The average Bonchev–Trinajstić information content (AvgIpc) is 2.76. The number of nitrogens with zero attached hydrogens (tertiary/aromatic N) is 1. The largest absolute Gasteiger partial charge is 0.320 e. The molecule has 116 valence electrons. The summed E-state index contributed by atoms with van der Waals surface area (Å²) < 4.78 is 13.2. The molecule has 0 saturated carbocycles. The summed E-state index contributed by atoms with van der Waals surface area (Å²) in [5, 5.41) is 0. The van der Waals surface area contributed by atoms with Crippen LogP contribution in [0.4, 0.5) is 4.39 Å². The van der Waals surface area contributed by atoms with Gasteiger partial charge in [-0.3, -0.25) is 4.90 Å². The lowest BCUT2D eigenvalue weighted by atomic mass is 9.80. The van der Waals surface area contributed by atoms with Crippen LogP contribution in [0.25, 0.3) is 0 Å². The zero-order valence-electron chi connectivity index (χ0n) is 13.0. The second-order valence-corrected chi connectivity index (χ2v) is 6.17. The molecule has 2 nitrogen and oxygen atoms in total. The van der Waals surface area contributed by atoms with Gasteiger partial charge in [-0.2, -0.15) is 0 Å². The zero-order chi connectivity index (χ0) is 15.3. The molecule has 0 radical (unpaired) electrons. The first-order chi connectivity index (χ1) is 10.1. The highest BCUT2D eigenvalue weighted by Crippen LogP contribution is 2.31. The third-order valence-electron chi connectivity index (χ3n) is 4.80. The second kappa shape index (κ2) is 7.19. The molecule has 0 amide bonds. The van der Waals surface area contributed by atoms with E-state index in [1.165, 1.54) is 37.8 Å². The minimum absolute atomic E-state index is 0.207. The van der Waals surface area contributed by atoms with Crippen LogP contribution in [0.2, 0.25) is 0 Å². The maximum atomic E-state index is 13.2. The summed E-state index contributed by atoms with van der Waals surface area (Å²) in [4.78, 5) is 2.49. The minimum Gasteiger partial charge on any atom is -0.320 e. The second-order valence-electron chi connectivity index (χ2n) is 6.17. The standard InChI is InChI=1S/C18H27FN2/c1-3-12-18(20,16-8-10-17(19)11-9-16)15(2)21-13-6-4-5-7-14-21/h3,8-11,15H,1,4-7,12-14,20H2,2H3. The summed E-state index contributed by atoms with van der Waals surface area (Å²) in [5.41, 5.74) is 7.24. The van der Waals surface area contributed by atoms with Crippen molar-refractivity contribution in [3.8, 4) is 0 Å². The molecule has 1 aliphatic heterocycles. The molecule has 0 bridgehead atoms. The molecule has 2 N–H and O–H groups in total. The van der Waals surface area contributed by atoms with E-state index in [1.807, 2.05) is 18.2 Å². The van der Waals surface area contributed by atoms with Crippen molar-refractivity contribution in [1.29, 1.82) is 0 Å². The van der Waals surface area contributed by atoms with Crippen molar-refractivity contribution in [2.24, 2.45) is 5.73 Å². The number of rotatable bonds is 5. The number of nitrogens with two attached hydrogens (primary N) is 1.